The van der Waals surface area contributed by atoms with E-state index >= 15 is 0 Å². The SMILES string of the molecule is O=C1C(c2ccccc2)=C(c2ccccc2)C(c2ccc(Br)cc2)=C1c1ccccc1. The van der Waals surface area contributed by atoms with Gasteiger partial charge in [0.15, 0.2) is 5.78 Å². The minimum atomic E-state index is 0.0640. The number of halogens is 1. The van der Waals surface area contributed by atoms with Crippen molar-refractivity contribution in [2.75, 3.05) is 0 Å². The van der Waals surface area contributed by atoms with E-state index in [-0.39, 0.29) is 5.78 Å². The highest BCUT2D eigenvalue weighted by molar-refractivity contribution is 9.10. The van der Waals surface area contributed by atoms with Gasteiger partial charge in [-0.3, -0.25) is 4.79 Å². The molecule has 0 fully saturated rings. The van der Waals surface area contributed by atoms with E-state index in [1.54, 1.807) is 0 Å². The molecule has 0 N–H and O–H groups in total. The fraction of sp³-hybridized carbons (Fsp3) is 0. The minimum absolute atomic E-state index is 0.0640. The van der Waals surface area contributed by atoms with Crippen molar-refractivity contribution in [2.24, 2.45) is 0 Å². The zero-order chi connectivity index (χ0) is 21.2. The second kappa shape index (κ2) is 8.33. The zero-order valence-corrected chi connectivity index (χ0v) is 18.3. The highest BCUT2D eigenvalue weighted by Crippen LogP contribution is 2.49. The Hall–Kier alpha value is -3.49. The predicted molar refractivity (Wildman–Crippen MR) is 132 cm³/mol. The number of carbonyl (C=O) groups is 1. The van der Waals surface area contributed by atoms with Crippen LogP contribution in [0.5, 0.6) is 0 Å². The number of hydrogen-bond acceptors (Lipinski definition) is 1. The molecule has 4 aromatic carbocycles. The molecule has 0 radical (unpaired) electrons. The largest absolute Gasteiger partial charge is 0.289 e. The van der Waals surface area contributed by atoms with Gasteiger partial charge in [-0.2, -0.15) is 0 Å². The van der Waals surface area contributed by atoms with Crippen molar-refractivity contribution in [1.29, 1.82) is 0 Å². The van der Waals surface area contributed by atoms with Gasteiger partial charge in [0.25, 0.3) is 0 Å². The summed E-state index contributed by atoms with van der Waals surface area (Å²) >= 11 is 3.54. The van der Waals surface area contributed by atoms with Crippen LogP contribution in [0.1, 0.15) is 22.3 Å². The van der Waals surface area contributed by atoms with E-state index in [1.807, 2.05) is 91.0 Å². The van der Waals surface area contributed by atoms with Crippen molar-refractivity contribution in [1.82, 2.24) is 0 Å². The summed E-state index contributed by atoms with van der Waals surface area (Å²) in [6.07, 6.45) is 0. The Morgan fingerprint density at radius 2 is 0.710 bits per heavy atom. The maximum atomic E-state index is 14.0. The first-order valence-electron chi connectivity index (χ1n) is 10.2. The quantitative estimate of drug-likeness (QED) is 0.305. The summed E-state index contributed by atoms with van der Waals surface area (Å²) in [5, 5.41) is 0. The Bertz CT molecular complexity index is 1300. The molecule has 0 atom stereocenters. The normalized spacial score (nSPS) is 13.8. The van der Waals surface area contributed by atoms with Crippen LogP contribution >= 0.6 is 15.9 Å². The first-order valence-corrected chi connectivity index (χ1v) is 11.0. The van der Waals surface area contributed by atoms with E-state index in [9.17, 15) is 4.79 Å². The van der Waals surface area contributed by atoms with Gasteiger partial charge in [-0.15, -0.1) is 0 Å². The third-order valence-corrected chi connectivity index (χ3v) is 6.05. The monoisotopic (exact) mass is 462 g/mol. The Balaban J connectivity index is 1.87. The van der Waals surface area contributed by atoms with Gasteiger partial charge < -0.3 is 0 Å². The fourth-order valence-electron chi connectivity index (χ4n) is 4.16. The summed E-state index contributed by atoms with van der Waals surface area (Å²) in [6, 6.07) is 38.4. The molecule has 0 unspecified atom stereocenters. The Morgan fingerprint density at radius 1 is 0.387 bits per heavy atom. The Morgan fingerprint density at radius 3 is 1.10 bits per heavy atom. The molecule has 0 saturated carbocycles. The lowest BCUT2D eigenvalue weighted by Crippen LogP contribution is -2.01. The van der Waals surface area contributed by atoms with Crippen LogP contribution in [-0.2, 0) is 4.79 Å². The molecule has 0 aromatic heterocycles. The van der Waals surface area contributed by atoms with Crippen molar-refractivity contribution in [3.05, 3.63) is 142 Å². The molecule has 148 valence electrons. The van der Waals surface area contributed by atoms with Crippen LogP contribution in [0, 0.1) is 0 Å². The molecule has 2 heteroatoms. The molecule has 5 rings (SSSR count). The topological polar surface area (TPSA) is 17.1 Å². The van der Waals surface area contributed by atoms with Crippen LogP contribution in [0.15, 0.2) is 120 Å². The van der Waals surface area contributed by atoms with E-state index in [4.69, 9.17) is 0 Å². The highest BCUT2D eigenvalue weighted by Gasteiger charge is 2.35. The van der Waals surface area contributed by atoms with E-state index < -0.39 is 0 Å². The molecular formula is C29H19BrO. The summed E-state index contributed by atoms with van der Waals surface area (Å²) in [5.41, 5.74) is 7.41. The lowest BCUT2D eigenvalue weighted by molar-refractivity contribution is -0.108. The van der Waals surface area contributed by atoms with Gasteiger partial charge in [0.05, 0.1) is 0 Å². The van der Waals surface area contributed by atoms with Crippen LogP contribution < -0.4 is 0 Å². The highest BCUT2D eigenvalue weighted by atomic mass is 79.9. The van der Waals surface area contributed by atoms with Crippen molar-refractivity contribution in [3.8, 4) is 0 Å². The average Bonchev–Trinajstić information content (AvgIpc) is 3.14. The number of ketones is 1. The van der Waals surface area contributed by atoms with Gasteiger partial charge in [-0.1, -0.05) is 119 Å². The molecule has 0 amide bonds. The number of allylic oxidation sites excluding steroid dienone is 4. The molecule has 1 aliphatic carbocycles. The Kier molecular flexibility index (Phi) is 5.23. The molecule has 0 aliphatic heterocycles. The third-order valence-electron chi connectivity index (χ3n) is 5.52. The molecule has 1 aliphatic rings. The van der Waals surface area contributed by atoms with Crippen molar-refractivity contribution in [3.63, 3.8) is 0 Å². The van der Waals surface area contributed by atoms with E-state index in [0.29, 0.717) is 0 Å². The summed E-state index contributed by atoms with van der Waals surface area (Å²) in [6.45, 7) is 0. The number of hydrogen-bond donors (Lipinski definition) is 0. The third kappa shape index (κ3) is 3.60. The van der Waals surface area contributed by atoms with Crippen molar-refractivity contribution < 1.29 is 4.79 Å². The van der Waals surface area contributed by atoms with Crippen LogP contribution in [0.3, 0.4) is 0 Å². The van der Waals surface area contributed by atoms with E-state index in [2.05, 4.69) is 40.2 Å². The smallest absolute Gasteiger partial charge is 0.195 e. The molecular weight excluding hydrogens is 444 g/mol. The van der Waals surface area contributed by atoms with Crippen LogP contribution in [0.2, 0.25) is 0 Å². The minimum Gasteiger partial charge on any atom is -0.289 e. The predicted octanol–water partition coefficient (Wildman–Crippen LogP) is 7.55. The van der Waals surface area contributed by atoms with Gasteiger partial charge in [0, 0.05) is 26.8 Å². The molecule has 0 saturated heterocycles. The fourth-order valence-corrected chi connectivity index (χ4v) is 4.43. The first kappa shape index (κ1) is 19.5. The van der Waals surface area contributed by atoms with Crippen molar-refractivity contribution in [2.45, 2.75) is 0 Å². The molecule has 4 aromatic rings. The van der Waals surface area contributed by atoms with E-state index in [1.165, 1.54) is 0 Å². The van der Waals surface area contributed by atoms with Gasteiger partial charge in [0.1, 0.15) is 0 Å². The number of rotatable bonds is 4. The lowest BCUT2D eigenvalue weighted by atomic mass is 9.89. The maximum Gasteiger partial charge on any atom is 0.195 e. The second-order valence-electron chi connectivity index (χ2n) is 7.43. The summed E-state index contributed by atoms with van der Waals surface area (Å²) < 4.78 is 1.01. The van der Waals surface area contributed by atoms with Gasteiger partial charge >= 0.3 is 0 Å². The molecule has 1 nitrogen and oxygen atoms in total. The second-order valence-corrected chi connectivity index (χ2v) is 8.35. The lowest BCUT2D eigenvalue weighted by Gasteiger charge is -2.13. The summed E-state index contributed by atoms with van der Waals surface area (Å²) in [4.78, 5) is 14.0. The molecule has 0 bridgehead atoms. The summed E-state index contributed by atoms with van der Waals surface area (Å²) in [5.74, 6) is 0.0640. The first-order chi connectivity index (χ1) is 15.2. The molecule has 0 spiro atoms. The van der Waals surface area contributed by atoms with Crippen molar-refractivity contribution >= 4 is 44.0 Å². The van der Waals surface area contributed by atoms with Crippen LogP contribution in [0.4, 0.5) is 0 Å². The Labute approximate surface area is 190 Å². The van der Waals surface area contributed by atoms with E-state index in [0.717, 1.165) is 49.0 Å². The van der Waals surface area contributed by atoms with Crippen LogP contribution in [0.25, 0.3) is 22.3 Å². The number of benzene rings is 4. The van der Waals surface area contributed by atoms with Gasteiger partial charge in [-0.25, -0.2) is 0 Å². The van der Waals surface area contributed by atoms with Crippen LogP contribution in [-0.4, -0.2) is 5.78 Å². The standard InChI is InChI=1S/C29H19BrO/c30-24-18-16-23(17-19-24)26-25(20-10-4-1-5-11-20)27(21-12-6-2-7-13-21)29(31)28(26)22-14-8-3-9-15-22/h1-19H. The molecule has 0 heterocycles. The number of carbonyl (C=O) groups excluding carboxylic acids is 1. The maximum absolute atomic E-state index is 14.0. The zero-order valence-electron chi connectivity index (χ0n) is 16.8. The summed E-state index contributed by atoms with van der Waals surface area (Å²) in [7, 11) is 0. The van der Waals surface area contributed by atoms with Gasteiger partial charge in [0.2, 0.25) is 0 Å². The number of Topliss-reactive ketones (excluding diaryl/α,β-unsaturated/α-hetero) is 1. The van der Waals surface area contributed by atoms with Gasteiger partial charge in [-0.05, 0) is 34.4 Å². The average molecular weight is 463 g/mol. The molecule has 31 heavy (non-hydrogen) atoms.